The minimum absolute atomic E-state index is 0.444. The molecule has 5 heteroatoms. The van der Waals surface area contributed by atoms with E-state index in [1.54, 1.807) is 6.92 Å². The van der Waals surface area contributed by atoms with Crippen molar-refractivity contribution >= 4 is 40.8 Å². The Morgan fingerprint density at radius 3 is 1.90 bits per heavy atom. The maximum absolute atomic E-state index is 10.2. The van der Waals surface area contributed by atoms with Crippen molar-refractivity contribution in [3.63, 3.8) is 0 Å². The molecule has 2 nitrogen and oxygen atoms in total. The highest BCUT2D eigenvalue weighted by molar-refractivity contribution is 6.39. The summed E-state index contributed by atoms with van der Waals surface area (Å²) in [5, 5.41) is 6.03. The van der Waals surface area contributed by atoms with Crippen LogP contribution in [0.4, 0.5) is 0 Å². The summed E-state index contributed by atoms with van der Waals surface area (Å²) in [4.78, 5) is 10.2. The van der Waals surface area contributed by atoms with Gasteiger partial charge in [0.15, 0.2) is 0 Å². The molecular formula is C5H7Cl3O2. The molecule has 1 unspecified atom stereocenters. The lowest BCUT2D eigenvalue weighted by Crippen LogP contribution is -2.30. The fourth-order valence-corrected chi connectivity index (χ4v) is 0.915. The molecule has 0 rings (SSSR count). The van der Waals surface area contributed by atoms with Crippen molar-refractivity contribution in [2.24, 2.45) is 0 Å². The van der Waals surface area contributed by atoms with Crippen LogP contribution in [0.2, 0.25) is 0 Å². The Kier molecular flexibility index (Phi) is 4.41. The molecule has 0 aliphatic heterocycles. The fraction of sp³-hybridized carbons (Fsp3) is 0.800. The smallest absolute Gasteiger partial charge is 0.323 e. The maximum Gasteiger partial charge on any atom is 0.323 e. The van der Waals surface area contributed by atoms with Crippen molar-refractivity contribution in [3.05, 3.63) is 0 Å². The van der Waals surface area contributed by atoms with Crippen LogP contribution in [0.5, 0.6) is 0 Å². The predicted molar refractivity (Wildman–Crippen MR) is 42.2 cm³/mol. The van der Waals surface area contributed by atoms with Gasteiger partial charge in [-0.1, -0.05) is 0 Å². The van der Waals surface area contributed by atoms with Gasteiger partial charge in [-0.25, -0.2) is 0 Å². The van der Waals surface area contributed by atoms with Crippen LogP contribution in [-0.2, 0) is 4.79 Å². The monoisotopic (exact) mass is 204 g/mol. The standard InChI is InChI=1S/C5H7Cl3O2/c1-2(6)3(7)4(8)5(9)10/h2-4H,1H3,(H,9,10)/t2-,3-,4?/m1/s1. The number of rotatable bonds is 3. The van der Waals surface area contributed by atoms with Crippen LogP contribution >= 0.6 is 34.8 Å². The zero-order valence-electron chi connectivity index (χ0n) is 5.22. The molecule has 10 heavy (non-hydrogen) atoms. The van der Waals surface area contributed by atoms with E-state index in [-0.39, 0.29) is 0 Å². The van der Waals surface area contributed by atoms with Gasteiger partial charge in [0, 0.05) is 5.38 Å². The summed E-state index contributed by atoms with van der Waals surface area (Å²) < 4.78 is 0. The number of carboxylic acids is 1. The molecule has 0 fully saturated rings. The van der Waals surface area contributed by atoms with Crippen molar-refractivity contribution in [2.75, 3.05) is 0 Å². The van der Waals surface area contributed by atoms with Gasteiger partial charge in [-0.05, 0) is 6.92 Å². The van der Waals surface area contributed by atoms with Gasteiger partial charge in [0.05, 0.1) is 5.38 Å². The lowest BCUT2D eigenvalue weighted by Gasteiger charge is -2.13. The summed E-state index contributed by atoms with van der Waals surface area (Å²) in [7, 11) is 0. The first-order chi connectivity index (χ1) is 4.46. The average molecular weight is 205 g/mol. The molecule has 0 aromatic rings. The van der Waals surface area contributed by atoms with Crippen LogP contribution in [0.1, 0.15) is 6.92 Å². The summed E-state index contributed by atoms with van der Waals surface area (Å²) in [6, 6.07) is 0. The van der Waals surface area contributed by atoms with Gasteiger partial charge in [0.25, 0.3) is 0 Å². The first-order valence-electron chi connectivity index (χ1n) is 2.62. The molecule has 0 spiro atoms. The Bertz CT molecular complexity index is 126. The SMILES string of the molecule is C[C@@H](Cl)[C@@H](Cl)C(Cl)C(=O)O. The van der Waals surface area contributed by atoms with E-state index in [9.17, 15) is 4.79 Å². The lowest BCUT2D eigenvalue weighted by atomic mass is 10.2. The molecule has 0 radical (unpaired) electrons. The highest BCUT2D eigenvalue weighted by atomic mass is 35.5. The quantitative estimate of drug-likeness (QED) is 0.715. The normalized spacial score (nSPS) is 19.6. The summed E-state index contributed by atoms with van der Waals surface area (Å²) in [5.74, 6) is -1.14. The minimum atomic E-state index is -1.14. The van der Waals surface area contributed by atoms with Crippen LogP contribution in [0.3, 0.4) is 0 Å². The second kappa shape index (κ2) is 4.27. The third-order valence-corrected chi connectivity index (χ3v) is 2.57. The Labute approximate surface area is 74.1 Å². The molecule has 3 atom stereocenters. The summed E-state index contributed by atoms with van der Waals surface area (Å²) >= 11 is 16.3. The summed E-state index contributed by atoms with van der Waals surface area (Å²) in [6.45, 7) is 1.59. The molecule has 0 amide bonds. The van der Waals surface area contributed by atoms with E-state index in [2.05, 4.69) is 0 Å². The Morgan fingerprint density at radius 1 is 1.40 bits per heavy atom. The Hall–Kier alpha value is 0.340. The largest absolute Gasteiger partial charge is 0.480 e. The maximum atomic E-state index is 10.2. The van der Waals surface area contributed by atoms with E-state index in [1.807, 2.05) is 0 Å². The van der Waals surface area contributed by atoms with E-state index in [0.717, 1.165) is 0 Å². The Balaban J connectivity index is 3.94. The van der Waals surface area contributed by atoms with Gasteiger partial charge in [0.2, 0.25) is 0 Å². The number of carboxylic acid groups (broad SMARTS) is 1. The predicted octanol–water partition coefficient (Wildman–Crippen LogP) is 1.91. The van der Waals surface area contributed by atoms with Crippen molar-refractivity contribution in [1.29, 1.82) is 0 Å². The van der Waals surface area contributed by atoms with Crippen molar-refractivity contribution < 1.29 is 9.90 Å². The fourth-order valence-electron chi connectivity index (χ4n) is 0.369. The van der Waals surface area contributed by atoms with E-state index in [0.29, 0.717) is 0 Å². The van der Waals surface area contributed by atoms with Crippen LogP contribution in [-0.4, -0.2) is 27.2 Å². The molecule has 60 valence electrons. The van der Waals surface area contributed by atoms with E-state index in [1.165, 1.54) is 0 Å². The highest BCUT2D eigenvalue weighted by Crippen LogP contribution is 2.17. The van der Waals surface area contributed by atoms with Crippen molar-refractivity contribution in [3.8, 4) is 0 Å². The van der Waals surface area contributed by atoms with Crippen LogP contribution in [0, 0.1) is 0 Å². The highest BCUT2D eigenvalue weighted by Gasteiger charge is 2.27. The van der Waals surface area contributed by atoms with Crippen molar-refractivity contribution in [2.45, 2.75) is 23.1 Å². The minimum Gasteiger partial charge on any atom is -0.480 e. The zero-order valence-corrected chi connectivity index (χ0v) is 7.49. The molecule has 0 aliphatic rings. The van der Waals surface area contributed by atoms with E-state index in [4.69, 9.17) is 39.9 Å². The van der Waals surface area contributed by atoms with Gasteiger partial charge in [-0.3, -0.25) is 4.79 Å². The third kappa shape index (κ3) is 2.95. The van der Waals surface area contributed by atoms with Crippen molar-refractivity contribution in [1.82, 2.24) is 0 Å². The number of aliphatic carboxylic acids is 1. The lowest BCUT2D eigenvalue weighted by molar-refractivity contribution is -0.136. The van der Waals surface area contributed by atoms with Gasteiger partial charge < -0.3 is 5.11 Å². The molecular weight excluding hydrogens is 198 g/mol. The first-order valence-corrected chi connectivity index (χ1v) is 3.92. The van der Waals surface area contributed by atoms with Gasteiger partial charge in [-0.2, -0.15) is 0 Å². The molecule has 0 saturated carbocycles. The summed E-state index contributed by atoms with van der Waals surface area (Å²) in [5.41, 5.74) is 0. The number of hydrogen-bond acceptors (Lipinski definition) is 1. The second-order valence-corrected chi connectivity index (χ2v) is 3.52. The number of hydrogen-bond donors (Lipinski definition) is 1. The second-order valence-electron chi connectivity index (χ2n) is 1.86. The molecule has 0 bridgehead atoms. The van der Waals surface area contributed by atoms with E-state index >= 15 is 0 Å². The molecule has 0 aromatic heterocycles. The molecule has 0 aromatic carbocycles. The average Bonchev–Trinajstić information content (AvgIpc) is 1.84. The topological polar surface area (TPSA) is 37.3 Å². The molecule has 0 saturated heterocycles. The van der Waals surface area contributed by atoms with Gasteiger partial charge >= 0.3 is 5.97 Å². The molecule has 0 heterocycles. The van der Waals surface area contributed by atoms with Crippen LogP contribution in [0.15, 0.2) is 0 Å². The number of alkyl halides is 3. The van der Waals surface area contributed by atoms with Gasteiger partial charge in [0.1, 0.15) is 5.38 Å². The van der Waals surface area contributed by atoms with Crippen LogP contribution < -0.4 is 0 Å². The van der Waals surface area contributed by atoms with E-state index < -0.39 is 22.1 Å². The molecule has 0 aliphatic carbocycles. The first kappa shape index (κ1) is 10.3. The zero-order chi connectivity index (χ0) is 8.31. The molecule has 1 N–H and O–H groups in total. The number of carbonyl (C=O) groups is 1. The van der Waals surface area contributed by atoms with Crippen LogP contribution in [0.25, 0.3) is 0 Å². The van der Waals surface area contributed by atoms with Gasteiger partial charge in [-0.15, -0.1) is 34.8 Å². The summed E-state index contributed by atoms with van der Waals surface area (Å²) in [6.07, 6.45) is 0. The third-order valence-electron chi connectivity index (χ3n) is 0.954. The Morgan fingerprint density at radius 2 is 1.80 bits per heavy atom. The number of halogens is 3.